The molecular formula is C8H8Cl2OS. The number of thiophene rings is 1. The van der Waals surface area contributed by atoms with Crippen molar-refractivity contribution < 1.29 is 4.79 Å². The Morgan fingerprint density at radius 3 is 2.83 bits per heavy atom. The van der Waals surface area contributed by atoms with Crippen molar-refractivity contribution in [2.24, 2.45) is 0 Å². The molecule has 1 nitrogen and oxygen atoms in total. The van der Waals surface area contributed by atoms with Crippen LogP contribution in [0.25, 0.3) is 0 Å². The van der Waals surface area contributed by atoms with Crippen LogP contribution in [0, 0.1) is 0 Å². The number of carbonyl (C=O) groups excluding carboxylic acids is 1. The molecule has 1 aromatic heterocycles. The summed E-state index contributed by atoms with van der Waals surface area (Å²) in [5, 5.41) is -0.0762. The smallest absolute Gasteiger partial charge is 0.120 e. The molecule has 12 heavy (non-hydrogen) atoms. The Labute approximate surface area is 85.3 Å². The van der Waals surface area contributed by atoms with E-state index in [-0.39, 0.29) is 5.38 Å². The first-order valence-electron chi connectivity index (χ1n) is 3.57. The number of halogens is 2. The van der Waals surface area contributed by atoms with Crippen molar-refractivity contribution in [2.45, 2.75) is 18.2 Å². The molecule has 0 saturated heterocycles. The van der Waals surface area contributed by atoms with Crippen LogP contribution in [0.15, 0.2) is 12.1 Å². The lowest BCUT2D eigenvalue weighted by atomic mass is 10.2. The first kappa shape index (κ1) is 10.0. The highest BCUT2D eigenvalue weighted by Crippen LogP contribution is 2.33. The van der Waals surface area contributed by atoms with Crippen LogP contribution in [0.5, 0.6) is 0 Å². The van der Waals surface area contributed by atoms with Crippen molar-refractivity contribution in [1.82, 2.24) is 0 Å². The van der Waals surface area contributed by atoms with E-state index in [0.29, 0.717) is 12.8 Å². The Balaban J connectivity index is 2.52. The first-order chi connectivity index (χ1) is 5.74. The second-order valence-corrected chi connectivity index (χ2v) is 4.63. The van der Waals surface area contributed by atoms with Crippen molar-refractivity contribution in [3.8, 4) is 0 Å². The lowest BCUT2D eigenvalue weighted by Crippen LogP contribution is -1.86. The minimum atomic E-state index is -0.0762. The van der Waals surface area contributed by atoms with Crippen LogP contribution in [0.2, 0.25) is 4.34 Å². The molecule has 1 aromatic rings. The fourth-order valence-corrected chi connectivity index (χ4v) is 2.26. The molecule has 0 radical (unpaired) electrons. The van der Waals surface area contributed by atoms with Crippen molar-refractivity contribution >= 4 is 40.8 Å². The van der Waals surface area contributed by atoms with Gasteiger partial charge in [-0.05, 0) is 18.6 Å². The molecule has 0 aliphatic carbocycles. The molecule has 0 N–H and O–H groups in total. The average molecular weight is 223 g/mol. The molecule has 0 fully saturated rings. The molecule has 0 aromatic carbocycles. The monoisotopic (exact) mass is 222 g/mol. The second-order valence-electron chi connectivity index (χ2n) is 2.35. The predicted octanol–water partition coefficient (Wildman–Crippen LogP) is 3.66. The van der Waals surface area contributed by atoms with Gasteiger partial charge in [0.15, 0.2) is 0 Å². The van der Waals surface area contributed by atoms with Crippen LogP contribution in [0.3, 0.4) is 0 Å². The Bertz CT molecular complexity index is 259. The van der Waals surface area contributed by atoms with Crippen molar-refractivity contribution in [2.75, 3.05) is 0 Å². The summed E-state index contributed by atoms with van der Waals surface area (Å²) in [5.74, 6) is 0. The zero-order valence-corrected chi connectivity index (χ0v) is 8.62. The quantitative estimate of drug-likeness (QED) is 0.562. The molecule has 1 heterocycles. The third-order valence-corrected chi connectivity index (χ3v) is 3.37. The normalized spacial score (nSPS) is 12.8. The van der Waals surface area contributed by atoms with E-state index in [1.165, 1.54) is 11.3 Å². The third-order valence-electron chi connectivity index (χ3n) is 1.44. The Morgan fingerprint density at radius 1 is 1.58 bits per heavy atom. The fourth-order valence-electron chi connectivity index (χ4n) is 0.853. The van der Waals surface area contributed by atoms with Crippen LogP contribution in [-0.2, 0) is 4.79 Å². The van der Waals surface area contributed by atoms with Gasteiger partial charge >= 0.3 is 0 Å². The first-order valence-corrected chi connectivity index (χ1v) is 5.20. The van der Waals surface area contributed by atoms with Gasteiger partial charge in [0.1, 0.15) is 6.29 Å². The van der Waals surface area contributed by atoms with Gasteiger partial charge in [0.05, 0.1) is 9.71 Å². The summed E-state index contributed by atoms with van der Waals surface area (Å²) in [6.45, 7) is 0. The number of aldehydes is 1. The molecule has 0 aliphatic rings. The summed E-state index contributed by atoms with van der Waals surface area (Å²) >= 11 is 13.2. The molecule has 0 spiro atoms. The molecule has 4 heteroatoms. The minimum Gasteiger partial charge on any atom is -0.303 e. The molecule has 66 valence electrons. The lowest BCUT2D eigenvalue weighted by Gasteiger charge is -2.02. The van der Waals surface area contributed by atoms with Gasteiger partial charge in [-0.2, -0.15) is 0 Å². The van der Waals surface area contributed by atoms with Crippen LogP contribution in [0.1, 0.15) is 23.1 Å². The van der Waals surface area contributed by atoms with E-state index < -0.39 is 0 Å². The van der Waals surface area contributed by atoms with E-state index >= 15 is 0 Å². The molecular weight excluding hydrogens is 215 g/mol. The minimum absolute atomic E-state index is 0.0762. The van der Waals surface area contributed by atoms with Crippen molar-refractivity contribution in [1.29, 1.82) is 0 Å². The zero-order valence-electron chi connectivity index (χ0n) is 6.30. The molecule has 0 amide bonds. The maximum atomic E-state index is 10.1. The maximum absolute atomic E-state index is 10.1. The van der Waals surface area contributed by atoms with Crippen molar-refractivity contribution in [3.63, 3.8) is 0 Å². The number of carbonyl (C=O) groups is 1. The predicted molar refractivity (Wildman–Crippen MR) is 53.2 cm³/mol. The molecule has 1 atom stereocenters. The van der Waals surface area contributed by atoms with Gasteiger partial charge in [0.2, 0.25) is 0 Å². The van der Waals surface area contributed by atoms with Gasteiger partial charge < -0.3 is 4.79 Å². The number of rotatable bonds is 4. The second kappa shape index (κ2) is 4.85. The molecule has 0 saturated carbocycles. The van der Waals surface area contributed by atoms with E-state index in [1.807, 2.05) is 12.1 Å². The number of alkyl halides is 1. The number of hydrogen-bond donors (Lipinski definition) is 0. The van der Waals surface area contributed by atoms with Gasteiger partial charge in [-0.25, -0.2) is 0 Å². The lowest BCUT2D eigenvalue weighted by molar-refractivity contribution is -0.107. The van der Waals surface area contributed by atoms with E-state index in [1.54, 1.807) is 0 Å². The highest BCUT2D eigenvalue weighted by Gasteiger charge is 2.09. The Morgan fingerprint density at radius 2 is 2.33 bits per heavy atom. The van der Waals surface area contributed by atoms with Crippen molar-refractivity contribution in [3.05, 3.63) is 21.3 Å². The average Bonchev–Trinajstić information content (AvgIpc) is 2.47. The topological polar surface area (TPSA) is 17.1 Å². The van der Waals surface area contributed by atoms with E-state index in [2.05, 4.69) is 0 Å². The van der Waals surface area contributed by atoms with Gasteiger partial charge in [0.25, 0.3) is 0 Å². The van der Waals surface area contributed by atoms with E-state index in [9.17, 15) is 4.79 Å². The van der Waals surface area contributed by atoms with E-state index in [0.717, 1.165) is 15.5 Å². The zero-order chi connectivity index (χ0) is 8.97. The number of hydrogen-bond acceptors (Lipinski definition) is 2. The Kier molecular flexibility index (Phi) is 4.06. The standard InChI is InChI=1S/C8H8Cl2OS/c9-6(2-1-5-11)7-3-4-8(10)12-7/h3-6H,1-2H2/t6-/m0/s1. The molecule has 0 aliphatic heterocycles. The fraction of sp³-hybridized carbons (Fsp3) is 0.375. The van der Waals surface area contributed by atoms with Gasteiger partial charge in [0, 0.05) is 11.3 Å². The molecule has 1 rings (SSSR count). The summed E-state index contributed by atoms with van der Waals surface area (Å²) in [7, 11) is 0. The molecule has 0 bridgehead atoms. The highest BCUT2D eigenvalue weighted by molar-refractivity contribution is 7.16. The summed E-state index contributed by atoms with van der Waals surface area (Å²) in [6.07, 6.45) is 2.07. The highest BCUT2D eigenvalue weighted by atomic mass is 35.5. The largest absolute Gasteiger partial charge is 0.303 e. The van der Waals surface area contributed by atoms with Crippen LogP contribution in [0.4, 0.5) is 0 Å². The third kappa shape index (κ3) is 2.77. The summed E-state index contributed by atoms with van der Waals surface area (Å²) in [6, 6.07) is 3.72. The van der Waals surface area contributed by atoms with Gasteiger partial charge in [-0.3, -0.25) is 0 Å². The summed E-state index contributed by atoms with van der Waals surface area (Å²) in [4.78, 5) is 11.1. The van der Waals surface area contributed by atoms with Crippen LogP contribution >= 0.6 is 34.5 Å². The van der Waals surface area contributed by atoms with Crippen LogP contribution < -0.4 is 0 Å². The summed E-state index contributed by atoms with van der Waals surface area (Å²) in [5.41, 5.74) is 0. The molecule has 0 unspecified atom stereocenters. The Hall–Kier alpha value is -0.0500. The SMILES string of the molecule is O=CCC[C@H](Cl)c1ccc(Cl)s1. The van der Waals surface area contributed by atoms with E-state index in [4.69, 9.17) is 23.2 Å². The van der Waals surface area contributed by atoms with Crippen LogP contribution in [-0.4, -0.2) is 6.29 Å². The summed E-state index contributed by atoms with van der Waals surface area (Å²) < 4.78 is 0.738. The van der Waals surface area contributed by atoms with Gasteiger partial charge in [-0.15, -0.1) is 22.9 Å². The maximum Gasteiger partial charge on any atom is 0.120 e. The van der Waals surface area contributed by atoms with Gasteiger partial charge in [-0.1, -0.05) is 11.6 Å².